The van der Waals surface area contributed by atoms with Crippen LogP contribution in [0.1, 0.15) is 41.2 Å². The largest absolute Gasteiger partial charge is 0.332 e. The van der Waals surface area contributed by atoms with Crippen molar-refractivity contribution in [3.05, 3.63) is 65.5 Å². The van der Waals surface area contributed by atoms with Crippen molar-refractivity contribution in [1.82, 2.24) is 25.1 Å². The number of likely N-dealkylation sites (tertiary alicyclic amines) is 1. The van der Waals surface area contributed by atoms with E-state index < -0.39 is 0 Å². The number of rotatable bonds is 3. The third-order valence-corrected chi connectivity index (χ3v) is 4.90. The van der Waals surface area contributed by atoms with E-state index in [1.807, 2.05) is 23.1 Å². The molecule has 0 spiro atoms. The summed E-state index contributed by atoms with van der Waals surface area (Å²) < 4.78 is 13.7. The molecule has 0 bridgehead atoms. The summed E-state index contributed by atoms with van der Waals surface area (Å²) in [5.41, 5.74) is 2.26. The number of amides is 1. The molecular formula is C20H20FN5O. The van der Waals surface area contributed by atoms with E-state index in [1.165, 1.54) is 16.9 Å². The van der Waals surface area contributed by atoms with Gasteiger partial charge in [0, 0.05) is 17.7 Å². The van der Waals surface area contributed by atoms with Crippen LogP contribution in [0.4, 0.5) is 4.39 Å². The second-order valence-electron chi connectivity index (χ2n) is 6.74. The van der Waals surface area contributed by atoms with E-state index in [4.69, 9.17) is 0 Å². The van der Waals surface area contributed by atoms with Crippen LogP contribution in [0.2, 0.25) is 0 Å². The van der Waals surface area contributed by atoms with Gasteiger partial charge in [0.2, 0.25) is 5.82 Å². The van der Waals surface area contributed by atoms with Gasteiger partial charge in [-0.15, -0.1) is 10.2 Å². The molecule has 4 rings (SSSR count). The Balaban J connectivity index is 1.58. The van der Waals surface area contributed by atoms with E-state index >= 15 is 0 Å². The van der Waals surface area contributed by atoms with E-state index in [1.54, 1.807) is 25.2 Å². The smallest absolute Gasteiger partial charge is 0.254 e. The molecule has 1 unspecified atom stereocenters. The number of benzene rings is 2. The fourth-order valence-corrected chi connectivity index (χ4v) is 3.56. The summed E-state index contributed by atoms with van der Waals surface area (Å²) in [5.74, 6) is 0.209. The van der Waals surface area contributed by atoms with Crippen LogP contribution in [0, 0.1) is 5.82 Å². The Morgan fingerprint density at radius 1 is 1.15 bits per heavy atom. The lowest BCUT2D eigenvalue weighted by molar-refractivity contribution is 0.0611. The van der Waals surface area contributed by atoms with Gasteiger partial charge in [-0.3, -0.25) is 4.79 Å². The highest BCUT2D eigenvalue weighted by atomic mass is 19.1. The Morgan fingerprint density at radius 3 is 2.67 bits per heavy atom. The summed E-state index contributed by atoms with van der Waals surface area (Å²) in [6.45, 7) is 0.674. The average molecular weight is 365 g/mol. The van der Waals surface area contributed by atoms with E-state index in [9.17, 15) is 9.18 Å². The van der Waals surface area contributed by atoms with Gasteiger partial charge >= 0.3 is 0 Å². The topological polar surface area (TPSA) is 63.9 Å². The fourth-order valence-electron chi connectivity index (χ4n) is 3.56. The number of hydrogen-bond acceptors (Lipinski definition) is 4. The molecule has 1 aromatic heterocycles. The van der Waals surface area contributed by atoms with Crippen LogP contribution < -0.4 is 0 Å². The maximum Gasteiger partial charge on any atom is 0.254 e. The van der Waals surface area contributed by atoms with Crippen LogP contribution in [0.3, 0.4) is 0 Å². The van der Waals surface area contributed by atoms with E-state index in [0.29, 0.717) is 17.9 Å². The number of carbonyl (C=O) groups excluding carboxylic acids is 1. The Hall–Kier alpha value is -3.09. The van der Waals surface area contributed by atoms with E-state index in [-0.39, 0.29) is 17.8 Å². The lowest BCUT2D eigenvalue weighted by atomic mass is 9.94. The molecule has 0 N–H and O–H groups in total. The highest BCUT2D eigenvalue weighted by Gasteiger charge is 2.29. The monoisotopic (exact) mass is 365 g/mol. The second-order valence-corrected chi connectivity index (χ2v) is 6.74. The highest BCUT2D eigenvalue weighted by molar-refractivity contribution is 5.95. The molecule has 6 nitrogen and oxygen atoms in total. The SMILES string of the molecule is Cn1nnc(-c2ccc(C(=O)N3CCCCC3c3cccc(F)c3)cc2)n1. The molecule has 1 aliphatic rings. The molecule has 1 atom stereocenters. The first-order valence-corrected chi connectivity index (χ1v) is 9.03. The third kappa shape index (κ3) is 3.58. The Morgan fingerprint density at radius 2 is 1.96 bits per heavy atom. The van der Waals surface area contributed by atoms with E-state index in [0.717, 1.165) is 30.4 Å². The number of carbonyl (C=O) groups is 1. The molecule has 3 aromatic rings. The lowest BCUT2D eigenvalue weighted by Gasteiger charge is -2.36. The van der Waals surface area contributed by atoms with Crippen molar-refractivity contribution >= 4 is 5.91 Å². The Bertz CT molecular complexity index is 953. The van der Waals surface area contributed by atoms with Crippen LogP contribution in [0.5, 0.6) is 0 Å². The van der Waals surface area contributed by atoms with Crippen LogP contribution >= 0.6 is 0 Å². The minimum atomic E-state index is -0.272. The molecule has 1 amide bonds. The molecule has 1 fully saturated rings. The van der Waals surface area contributed by atoms with Gasteiger partial charge in [0.1, 0.15) is 5.82 Å². The minimum absolute atomic E-state index is 0.0392. The zero-order chi connectivity index (χ0) is 18.8. The Kier molecular flexibility index (Phi) is 4.66. The molecule has 1 saturated heterocycles. The first kappa shape index (κ1) is 17.3. The van der Waals surface area contributed by atoms with Gasteiger partial charge in [-0.1, -0.05) is 24.3 Å². The van der Waals surface area contributed by atoms with Gasteiger partial charge in [-0.2, -0.15) is 4.80 Å². The molecule has 27 heavy (non-hydrogen) atoms. The number of tetrazole rings is 1. The zero-order valence-corrected chi connectivity index (χ0v) is 15.0. The predicted octanol–water partition coefficient (Wildman–Crippen LogP) is 3.38. The molecule has 138 valence electrons. The zero-order valence-electron chi connectivity index (χ0n) is 15.0. The molecule has 2 aromatic carbocycles. The normalized spacial score (nSPS) is 17.1. The van der Waals surface area contributed by atoms with Gasteiger partial charge < -0.3 is 4.90 Å². The number of hydrogen-bond donors (Lipinski definition) is 0. The molecule has 0 radical (unpaired) electrons. The van der Waals surface area contributed by atoms with Crippen molar-refractivity contribution in [3.63, 3.8) is 0 Å². The first-order chi connectivity index (χ1) is 13.1. The second kappa shape index (κ2) is 7.26. The molecule has 0 aliphatic carbocycles. The summed E-state index contributed by atoms with van der Waals surface area (Å²) in [4.78, 5) is 16.4. The molecule has 2 heterocycles. The lowest BCUT2D eigenvalue weighted by Crippen LogP contribution is -2.38. The predicted molar refractivity (Wildman–Crippen MR) is 98.3 cm³/mol. The third-order valence-electron chi connectivity index (χ3n) is 4.90. The first-order valence-electron chi connectivity index (χ1n) is 9.03. The highest BCUT2D eigenvalue weighted by Crippen LogP contribution is 2.32. The van der Waals surface area contributed by atoms with Crippen molar-refractivity contribution < 1.29 is 9.18 Å². The number of aromatic nitrogens is 4. The van der Waals surface area contributed by atoms with Gasteiger partial charge in [0.25, 0.3) is 5.91 Å². The summed E-state index contributed by atoms with van der Waals surface area (Å²) in [6, 6.07) is 13.7. The summed E-state index contributed by atoms with van der Waals surface area (Å²) in [5, 5.41) is 12.0. The average Bonchev–Trinajstić information content (AvgIpc) is 3.14. The van der Waals surface area contributed by atoms with Crippen molar-refractivity contribution in [2.45, 2.75) is 25.3 Å². The maximum absolute atomic E-state index is 13.7. The summed E-state index contributed by atoms with van der Waals surface area (Å²) in [7, 11) is 1.71. The Labute approximate surface area is 156 Å². The van der Waals surface area contributed by atoms with Crippen molar-refractivity contribution in [3.8, 4) is 11.4 Å². The van der Waals surface area contributed by atoms with Gasteiger partial charge in [-0.25, -0.2) is 4.39 Å². The summed E-state index contributed by atoms with van der Waals surface area (Å²) >= 11 is 0. The quantitative estimate of drug-likeness (QED) is 0.714. The van der Waals surface area contributed by atoms with Crippen LogP contribution in [-0.2, 0) is 7.05 Å². The van der Waals surface area contributed by atoms with Gasteiger partial charge in [0.05, 0.1) is 13.1 Å². The number of aryl methyl sites for hydroxylation is 1. The minimum Gasteiger partial charge on any atom is -0.332 e. The standard InChI is InChI=1S/C20H20FN5O/c1-25-23-19(22-24-25)14-8-10-15(11-9-14)20(27)26-12-3-2-7-18(26)16-5-4-6-17(21)13-16/h4-6,8-11,13,18H,2-3,7,12H2,1H3. The van der Waals surface area contributed by atoms with Crippen molar-refractivity contribution in [2.24, 2.45) is 7.05 Å². The van der Waals surface area contributed by atoms with Gasteiger partial charge in [-0.05, 0) is 54.3 Å². The van der Waals surface area contributed by atoms with E-state index in [2.05, 4.69) is 15.4 Å². The van der Waals surface area contributed by atoms with Gasteiger partial charge in [0.15, 0.2) is 0 Å². The van der Waals surface area contributed by atoms with Crippen LogP contribution in [0.15, 0.2) is 48.5 Å². The van der Waals surface area contributed by atoms with Crippen LogP contribution in [0.25, 0.3) is 11.4 Å². The maximum atomic E-state index is 13.7. The molecule has 1 aliphatic heterocycles. The van der Waals surface area contributed by atoms with Crippen LogP contribution in [-0.4, -0.2) is 37.6 Å². The van der Waals surface area contributed by atoms with Crippen molar-refractivity contribution in [1.29, 1.82) is 0 Å². The number of nitrogens with zero attached hydrogens (tertiary/aromatic N) is 5. The molecule has 0 saturated carbocycles. The van der Waals surface area contributed by atoms with Crippen molar-refractivity contribution in [2.75, 3.05) is 6.54 Å². The fraction of sp³-hybridized carbons (Fsp3) is 0.300. The molecular weight excluding hydrogens is 345 g/mol. The number of halogens is 1. The number of piperidine rings is 1. The summed E-state index contributed by atoms with van der Waals surface area (Å²) in [6.07, 6.45) is 2.83. The molecule has 7 heteroatoms.